The Morgan fingerprint density at radius 2 is 1.52 bits per heavy atom. The number of hydrogen-bond acceptors (Lipinski definition) is 2. The van der Waals surface area contributed by atoms with E-state index in [1.807, 2.05) is 6.07 Å². The Bertz CT molecular complexity index is 769. The van der Waals surface area contributed by atoms with Crippen molar-refractivity contribution in [2.45, 2.75) is 10.4 Å². The average Bonchev–Trinajstić information content (AvgIpc) is 2.47. The molecule has 1 heterocycles. The van der Waals surface area contributed by atoms with E-state index in [0.29, 0.717) is 22.0 Å². The van der Waals surface area contributed by atoms with Gasteiger partial charge in [0.2, 0.25) is 0 Å². The van der Waals surface area contributed by atoms with E-state index in [1.165, 1.54) is 0 Å². The number of halogens is 3. The van der Waals surface area contributed by atoms with Crippen molar-refractivity contribution in [3.8, 4) is 11.3 Å². The summed E-state index contributed by atoms with van der Waals surface area (Å²) in [6.45, 7) is 0. The number of nitrogens with zero attached hydrogens (tertiary/aromatic N) is 1. The zero-order valence-corrected chi connectivity index (χ0v) is 11.6. The minimum absolute atomic E-state index is 0.111. The fraction of sp³-hybridized carbons (Fsp3) is 0.0625. The van der Waals surface area contributed by atoms with E-state index in [2.05, 4.69) is 4.98 Å². The van der Waals surface area contributed by atoms with E-state index < -0.39 is 5.51 Å². The van der Waals surface area contributed by atoms with Crippen molar-refractivity contribution in [1.29, 1.82) is 0 Å². The van der Waals surface area contributed by atoms with Gasteiger partial charge in [0.25, 0.3) is 0 Å². The third-order valence-electron chi connectivity index (χ3n) is 3.02. The average molecular weight is 305 g/mol. The second kappa shape index (κ2) is 5.41. The lowest BCUT2D eigenvalue weighted by Gasteiger charge is -2.13. The maximum Gasteiger partial charge on any atom is 0.446 e. The van der Waals surface area contributed by atoms with E-state index in [0.717, 1.165) is 0 Å². The van der Waals surface area contributed by atoms with Gasteiger partial charge in [-0.3, -0.25) is 4.98 Å². The van der Waals surface area contributed by atoms with Gasteiger partial charge < -0.3 is 0 Å². The van der Waals surface area contributed by atoms with Crippen LogP contribution in [0.2, 0.25) is 0 Å². The second-order valence-corrected chi connectivity index (χ2v) is 5.51. The van der Waals surface area contributed by atoms with Gasteiger partial charge in [0, 0.05) is 17.1 Å². The minimum atomic E-state index is -4.35. The number of fused-ring (bicyclic) bond motifs is 1. The van der Waals surface area contributed by atoms with Crippen molar-refractivity contribution in [1.82, 2.24) is 4.98 Å². The Balaban J connectivity index is 2.26. The van der Waals surface area contributed by atoms with Crippen LogP contribution in [-0.2, 0) is 0 Å². The number of rotatable bonds is 2. The summed E-state index contributed by atoms with van der Waals surface area (Å²) in [4.78, 5) is 4.39. The highest BCUT2D eigenvalue weighted by Gasteiger charge is 2.32. The Kier molecular flexibility index (Phi) is 3.59. The molecule has 106 valence electrons. The Hall–Kier alpha value is -2.01. The van der Waals surface area contributed by atoms with Crippen LogP contribution in [0.4, 0.5) is 13.2 Å². The maximum atomic E-state index is 12.9. The summed E-state index contributed by atoms with van der Waals surface area (Å²) in [7, 11) is 0. The summed E-state index contributed by atoms with van der Waals surface area (Å²) in [6.07, 6.45) is 1.61. The molecule has 3 aromatic rings. The molecule has 0 fully saturated rings. The first-order valence-electron chi connectivity index (χ1n) is 6.23. The molecule has 0 saturated carbocycles. The molecule has 21 heavy (non-hydrogen) atoms. The topological polar surface area (TPSA) is 12.9 Å². The lowest BCUT2D eigenvalue weighted by atomic mass is 10.1. The molecule has 1 aromatic heterocycles. The van der Waals surface area contributed by atoms with Crippen LogP contribution in [-0.4, -0.2) is 10.5 Å². The molecule has 0 bridgehead atoms. The summed E-state index contributed by atoms with van der Waals surface area (Å²) >= 11 is -0.111. The lowest BCUT2D eigenvalue weighted by Crippen LogP contribution is -2.01. The Morgan fingerprint density at radius 1 is 0.857 bits per heavy atom. The molecule has 0 atom stereocenters. The Labute approximate surface area is 123 Å². The van der Waals surface area contributed by atoms with Gasteiger partial charge in [-0.2, -0.15) is 13.2 Å². The zero-order chi connectivity index (χ0) is 14.9. The molecular weight excluding hydrogens is 295 g/mol. The van der Waals surface area contributed by atoms with Crippen LogP contribution >= 0.6 is 11.8 Å². The smallest absolute Gasteiger partial charge is 0.254 e. The molecule has 1 nitrogen and oxygen atoms in total. The summed E-state index contributed by atoms with van der Waals surface area (Å²) in [5.74, 6) is 0. The van der Waals surface area contributed by atoms with Gasteiger partial charge in [0.05, 0.1) is 10.6 Å². The van der Waals surface area contributed by atoms with Crippen molar-refractivity contribution < 1.29 is 13.2 Å². The molecule has 0 aliphatic carbocycles. The minimum Gasteiger partial charge on any atom is -0.254 e. The first-order chi connectivity index (χ1) is 10.0. The van der Waals surface area contributed by atoms with E-state index in [4.69, 9.17) is 0 Å². The molecule has 0 N–H and O–H groups in total. The molecule has 5 heteroatoms. The van der Waals surface area contributed by atoms with Crippen LogP contribution in [0.15, 0.2) is 65.7 Å². The van der Waals surface area contributed by atoms with Crippen LogP contribution in [0.25, 0.3) is 22.0 Å². The van der Waals surface area contributed by atoms with E-state index >= 15 is 0 Å². The molecule has 0 radical (unpaired) electrons. The first-order valence-corrected chi connectivity index (χ1v) is 7.05. The lowest BCUT2D eigenvalue weighted by molar-refractivity contribution is -0.0327. The predicted octanol–water partition coefficient (Wildman–Crippen LogP) is 5.51. The number of hydrogen-bond donors (Lipinski definition) is 0. The standard InChI is InChI=1S/C16H10F3NS/c17-16(18,19)21-15-13-9-5-4-8-12(13)10-20-14(15)11-6-2-1-3-7-11/h1-10H. The first kappa shape index (κ1) is 13.9. The molecule has 3 rings (SSSR count). The highest BCUT2D eigenvalue weighted by Crippen LogP contribution is 2.44. The van der Waals surface area contributed by atoms with Crippen LogP contribution in [0.1, 0.15) is 0 Å². The quantitative estimate of drug-likeness (QED) is 0.579. The molecular formula is C16H10F3NS. The number of thioether (sulfide) groups is 1. The summed E-state index contributed by atoms with van der Waals surface area (Å²) in [6, 6.07) is 15.9. The Morgan fingerprint density at radius 3 is 2.24 bits per heavy atom. The van der Waals surface area contributed by atoms with Gasteiger partial charge >= 0.3 is 5.51 Å². The van der Waals surface area contributed by atoms with Crippen LogP contribution in [0.3, 0.4) is 0 Å². The monoisotopic (exact) mass is 305 g/mol. The van der Waals surface area contributed by atoms with Gasteiger partial charge in [-0.15, -0.1) is 0 Å². The molecule has 0 unspecified atom stereocenters. The molecule has 2 aromatic carbocycles. The zero-order valence-electron chi connectivity index (χ0n) is 10.8. The molecule has 0 spiro atoms. The van der Waals surface area contributed by atoms with Gasteiger partial charge in [0.1, 0.15) is 0 Å². The third kappa shape index (κ3) is 3.03. The molecule has 0 amide bonds. The number of alkyl halides is 3. The largest absolute Gasteiger partial charge is 0.446 e. The SMILES string of the molecule is FC(F)(F)Sc1c(-c2ccccc2)ncc2ccccc12. The van der Waals surface area contributed by atoms with Crippen LogP contribution in [0, 0.1) is 0 Å². The summed E-state index contributed by atoms with van der Waals surface area (Å²) in [5.41, 5.74) is -3.32. The number of pyridine rings is 1. The fourth-order valence-corrected chi connectivity index (χ4v) is 2.95. The number of aromatic nitrogens is 1. The van der Waals surface area contributed by atoms with Crippen molar-refractivity contribution >= 4 is 22.5 Å². The molecule has 0 aliphatic rings. The predicted molar refractivity (Wildman–Crippen MR) is 79.1 cm³/mol. The summed E-state index contributed by atoms with van der Waals surface area (Å²) in [5, 5.41) is 1.26. The van der Waals surface area contributed by atoms with E-state index in [-0.39, 0.29) is 16.7 Å². The van der Waals surface area contributed by atoms with Gasteiger partial charge in [-0.1, -0.05) is 54.6 Å². The molecule has 0 aliphatic heterocycles. The third-order valence-corrected chi connectivity index (χ3v) is 3.87. The second-order valence-electron chi connectivity index (χ2n) is 4.44. The van der Waals surface area contributed by atoms with Gasteiger partial charge in [-0.05, 0) is 17.1 Å². The highest BCUT2D eigenvalue weighted by molar-refractivity contribution is 8.00. The van der Waals surface area contributed by atoms with E-state index in [9.17, 15) is 13.2 Å². The molecule has 0 saturated heterocycles. The number of benzene rings is 2. The van der Waals surface area contributed by atoms with E-state index in [1.54, 1.807) is 54.7 Å². The van der Waals surface area contributed by atoms with Crippen LogP contribution < -0.4 is 0 Å². The van der Waals surface area contributed by atoms with Crippen molar-refractivity contribution in [3.05, 3.63) is 60.8 Å². The van der Waals surface area contributed by atoms with Crippen molar-refractivity contribution in [2.24, 2.45) is 0 Å². The van der Waals surface area contributed by atoms with Crippen LogP contribution in [0.5, 0.6) is 0 Å². The fourth-order valence-electron chi connectivity index (χ4n) is 2.16. The van der Waals surface area contributed by atoms with Gasteiger partial charge in [0.15, 0.2) is 0 Å². The maximum absolute atomic E-state index is 12.9. The summed E-state index contributed by atoms with van der Waals surface area (Å²) < 4.78 is 38.7. The van der Waals surface area contributed by atoms with Gasteiger partial charge in [-0.25, -0.2) is 0 Å². The highest BCUT2D eigenvalue weighted by atomic mass is 32.2. The van der Waals surface area contributed by atoms with Crippen molar-refractivity contribution in [3.63, 3.8) is 0 Å². The normalized spacial score (nSPS) is 11.8. The van der Waals surface area contributed by atoms with Crippen molar-refractivity contribution in [2.75, 3.05) is 0 Å².